The maximum absolute atomic E-state index is 12.1. The van der Waals surface area contributed by atoms with Crippen LogP contribution < -0.4 is 9.47 Å². The molecule has 0 heterocycles. The van der Waals surface area contributed by atoms with E-state index in [0.29, 0.717) is 19.0 Å². The molecule has 22 heavy (non-hydrogen) atoms. The molecule has 118 valence electrons. The number of ether oxygens (including phenoxy) is 3. The lowest BCUT2D eigenvalue weighted by molar-refractivity contribution is -0.274. The highest BCUT2D eigenvalue weighted by molar-refractivity contribution is 5.64. The van der Waals surface area contributed by atoms with Crippen molar-refractivity contribution in [3.63, 3.8) is 0 Å². The van der Waals surface area contributed by atoms with E-state index in [1.807, 2.05) is 12.1 Å². The van der Waals surface area contributed by atoms with Gasteiger partial charge in [0.05, 0.1) is 6.61 Å². The lowest BCUT2D eigenvalue weighted by atomic mass is 10.1. The monoisotopic (exact) mass is 312 g/mol. The van der Waals surface area contributed by atoms with E-state index < -0.39 is 6.36 Å². The normalized spacial score (nSPS) is 11.3. The molecule has 2 aromatic rings. The van der Waals surface area contributed by atoms with Gasteiger partial charge in [0.15, 0.2) is 0 Å². The van der Waals surface area contributed by atoms with Crippen LogP contribution in [0.3, 0.4) is 0 Å². The summed E-state index contributed by atoms with van der Waals surface area (Å²) in [6, 6.07) is 13.0. The fraction of sp³-hybridized carbons (Fsp3) is 0.250. The molecule has 0 aliphatic carbocycles. The molecule has 6 heteroatoms. The van der Waals surface area contributed by atoms with Gasteiger partial charge in [-0.1, -0.05) is 24.3 Å². The van der Waals surface area contributed by atoms with E-state index in [0.717, 1.165) is 11.1 Å². The standard InChI is InChI=1S/C16H15F3O3/c1-20-10-11-21-14-6-2-12(3-7-14)13-4-8-15(9-5-13)22-16(17,18)19/h2-9H,10-11H2,1H3. The van der Waals surface area contributed by atoms with Gasteiger partial charge in [0, 0.05) is 7.11 Å². The molecule has 0 unspecified atom stereocenters. The number of alkyl halides is 3. The molecule has 0 atom stereocenters. The van der Waals surface area contributed by atoms with Crippen LogP contribution in [0.5, 0.6) is 11.5 Å². The average molecular weight is 312 g/mol. The Morgan fingerprint density at radius 2 is 1.27 bits per heavy atom. The highest BCUT2D eigenvalue weighted by atomic mass is 19.4. The van der Waals surface area contributed by atoms with Crippen LogP contribution in [0.2, 0.25) is 0 Å². The molecular formula is C16H15F3O3. The van der Waals surface area contributed by atoms with Crippen LogP contribution in [-0.2, 0) is 4.74 Å². The predicted octanol–water partition coefficient (Wildman–Crippen LogP) is 4.28. The van der Waals surface area contributed by atoms with Crippen molar-refractivity contribution in [3.05, 3.63) is 48.5 Å². The van der Waals surface area contributed by atoms with Crippen LogP contribution in [0, 0.1) is 0 Å². The summed E-state index contributed by atoms with van der Waals surface area (Å²) in [7, 11) is 1.60. The second kappa shape index (κ2) is 7.17. The molecule has 0 N–H and O–H groups in total. The van der Waals surface area contributed by atoms with Crippen LogP contribution in [0.4, 0.5) is 13.2 Å². The smallest absolute Gasteiger partial charge is 0.491 e. The molecule has 0 spiro atoms. The zero-order valence-electron chi connectivity index (χ0n) is 11.9. The zero-order valence-corrected chi connectivity index (χ0v) is 11.9. The molecule has 3 nitrogen and oxygen atoms in total. The Kier molecular flexibility index (Phi) is 5.27. The third-order valence-electron chi connectivity index (χ3n) is 2.83. The first-order valence-corrected chi connectivity index (χ1v) is 6.56. The van der Waals surface area contributed by atoms with Crippen molar-refractivity contribution in [2.45, 2.75) is 6.36 Å². The number of halogens is 3. The van der Waals surface area contributed by atoms with Gasteiger partial charge in [-0.3, -0.25) is 0 Å². The Balaban J connectivity index is 2.02. The summed E-state index contributed by atoms with van der Waals surface area (Å²) >= 11 is 0. The molecule has 0 amide bonds. The third-order valence-corrected chi connectivity index (χ3v) is 2.83. The number of hydrogen-bond donors (Lipinski definition) is 0. The van der Waals surface area contributed by atoms with Crippen LogP contribution in [0.1, 0.15) is 0 Å². The molecular weight excluding hydrogens is 297 g/mol. The van der Waals surface area contributed by atoms with Crippen LogP contribution in [-0.4, -0.2) is 26.7 Å². The minimum absolute atomic E-state index is 0.240. The molecule has 0 aliphatic rings. The van der Waals surface area contributed by atoms with Gasteiger partial charge in [0.25, 0.3) is 0 Å². The second-order valence-electron chi connectivity index (χ2n) is 4.44. The fourth-order valence-electron chi connectivity index (χ4n) is 1.84. The van der Waals surface area contributed by atoms with Crippen LogP contribution in [0.15, 0.2) is 48.5 Å². The number of rotatable bonds is 6. The highest BCUT2D eigenvalue weighted by Crippen LogP contribution is 2.27. The molecule has 0 aliphatic heterocycles. The van der Waals surface area contributed by atoms with E-state index in [2.05, 4.69) is 4.74 Å². The SMILES string of the molecule is COCCOc1ccc(-c2ccc(OC(F)(F)F)cc2)cc1. The summed E-state index contributed by atoms with van der Waals surface area (Å²) in [6.07, 6.45) is -4.68. The van der Waals surface area contributed by atoms with E-state index >= 15 is 0 Å². The van der Waals surface area contributed by atoms with Crippen molar-refractivity contribution in [1.82, 2.24) is 0 Å². The summed E-state index contributed by atoms with van der Waals surface area (Å²) in [6.45, 7) is 0.960. The van der Waals surface area contributed by atoms with Gasteiger partial charge in [0.1, 0.15) is 18.1 Å². The Hall–Kier alpha value is -2.21. The Bertz CT molecular complexity index is 577. The summed E-state index contributed by atoms with van der Waals surface area (Å²) in [4.78, 5) is 0. The van der Waals surface area contributed by atoms with Crippen molar-refractivity contribution < 1.29 is 27.4 Å². The Labute approximate surface area is 126 Å². The van der Waals surface area contributed by atoms with Gasteiger partial charge < -0.3 is 14.2 Å². The topological polar surface area (TPSA) is 27.7 Å². The minimum atomic E-state index is -4.68. The average Bonchev–Trinajstić information content (AvgIpc) is 2.48. The predicted molar refractivity (Wildman–Crippen MR) is 75.9 cm³/mol. The van der Waals surface area contributed by atoms with Gasteiger partial charge >= 0.3 is 6.36 Å². The minimum Gasteiger partial charge on any atom is -0.491 e. The van der Waals surface area contributed by atoms with E-state index in [-0.39, 0.29) is 5.75 Å². The largest absolute Gasteiger partial charge is 0.573 e. The third kappa shape index (κ3) is 4.96. The van der Waals surface area contributed by atoms with Crippen molar-refractivity contribution in [2.24, 2.45) is 0 Å². The fourth-order valence-corrected chi connectivity index (χ4v) is 1.84. The molecule has 0 saturated carbocycles. The van der Waals surface area contributed by atoms with Gasteiger partial charge in [-0.25, -0.2) is 0 Å². The van der Waals surface area contributed by atoms with Crippen molar-refractivity contribution in [3.8, 4) is 22.6 Å². The number of benzene rings is 2. The maximum Gasteiger partial charge on any atom is 0.573 e. The second-order valence-corrected chi connectivity index (χ2v) is 4.44. The van der Waals surface area contributed by atoms with Crippen LogP contribution >= 0.6 is 0 Å². The van der Waals surface area contributed by atoms with Gasteiger partial charge in [-0.2, -0.15) is 0 Å². The lowest BCUT2D eigenvalue weighted by Gasteiger charge is -2.10. The lowest BCUT2D eigenvalue weighted by Crippen LogP contribution is -2.16. The first kappa shape index (κ1) is 16.2. The van der Waals surface area contributed by atoms with E-state index in [1.165, 1.54) is 12.1 Å². The molecule has 2 aromatic carbocycles. The Morgan fingerprint density at radius 1 is 0.773 bits per heavy atom. The summed E-state index contributed by atoms with van der Waals surface area (Å²) in [5.74, 6) is 0.466. The summed E-state index contributed by atoms with van der Waals surface area (Å²) in [5, 5.41) is 0. The van der Waals surface area contributed by atoms with E-state index in [9.17, 15) is 13.2 Å². The van der Waals surface area contributed by atoms with Gasteiger partial charge in [-0.15, -0.1) is 13.2 Å². The number of hydrogen-bond acceptors (Lipinski definition) is 3. The molecule has 0 radical (unpaired) electrons. The van der Waals surface area contributed by atoms with E-state index in [1.54, 1.807) is 31.4 Å². The number of methoxy groups -OCH3 is 1. The highest BCUT2D eigenvalue weighted by Gasteiger charge is 2.30. The van der Waals surface area contributed by atoms with Crippen LogP contribution in [0.25, 0.3) is 11.1 Å². The molecule has 0 bridgehead atoms. The van der Waals surface area contributed by atoms with Gasteiger partial charge in [-0.05, 0) is 35.4 Å². The molecule has 0 fully saturated rings. The molecule has 0 aromatic heterocycles. The van der Waals surface area contributed by atoms with Crippen molar-refractivity contribution in [2.75, 3.05) is 20.3 Å². The van der Waals surface area contributed by atoms with Gasteiger partial charge in [0.2, 0.25) is 0 Å². The van der Waals surface area contributed by atoms with E-state index in [4.69, 9.17) is 9.47 Å². The summed E-state index contributed by atoms with van der Waals surface area (Å²) in [5.41, 5.74) is 1.66. The first-order chi connectivity index (χ1) is 10.5. The quantitative estimate of drug-likeness (QED) is 0.745. The maximum atomic E-state index is 12.1. The first-order valence-electron chi connectivity index (χ1n) is 6.56. The van der Waals surface area contributed by atoms with Crippen molar-refractivity contribution in [1.29, 1.82) is 0 Å². The molecule has 2 rings (SSSR count). The summed E-state index contributed by atoms with van der Waals surface area (Å²) < 4.78 is 50.4. The zero-order chi connectivity index (χ0) is 16.0. The van der Waals surface area contributed by atoms with Crippen molar-refractivity contribution >= 4 is 0 Å². The Morgan fingerprint density at radius 3 is 1.73 bits per heavy atom. The molecule has 0 saturated heterocycles.